The van der Waals surface area contributed by atoms with E-state index in [1.807, 2.05) is 49.4 Å². The van der Waals surface area contributed by atoms with E-state index in [-0.39, 0.29) is 12.6 Å². The van der Waals surface area contributed by atoms with E-state index in [1.165, 1.54) is 4.90 Å². The number of hydrogen-bond acceptors (Lipinski definition) is 3. The molecule has 0 aromatic heterocycles. The molecule has 0 radical (unpaired) electrons. The van der Waals surface area contributed by atoms with Crippen LogP contribution in [-0.2, 0) is 16.1 Å². The maximum atomic E-state index is 12.7. The van der Waals surface area contributed by atoms with Gasteiger partial charge in [-0.15, -0.1) is 0 Å². The van der Waals surface area contributed by atoms with E-state index < -0.39 is 18.1 Å². The molecular weight excluding hydrogens is 398 g/mol. The molecule has 1 amide bonds. The Kier molecular flexibility index (Phi) is 5.61. The summed E-state index contributed by atoms with van der Waals surface area (Å²) in [6.45, 7) is 2.04. The van der Waals surface area contributed by atoms with Crippen molar-refractivity contribution in [1.82, 2.24) is 4.90 Å². The summed E-state index contributed by atoms with van der Waals surface area (Å²) in [6, 6.07) is 13.6. The number of carbonyl (C=O) groups is 2. The van der Waals surface area contributed by atoms with Crippen molar-refractivity contribution in [2.45, 2.75) is 38.5 Å². The van der Waals surface area contributed by atoms with Gasteiger partial charge >= 0.3 is 12.1 Å². The Labute approximate surface area is 160 Å². The van der Waals surface area contributed by atoms with Crippen molar-refractivity contribution >= 4 is 28.0 Å². The number of amides is 1. The molecule has 1 fully saturated rings. The van der Waals surface area contributed by atoms with E-state index in [2.05, 4.69) is 15.9 Å². The van der Waals surface area contributed by atoms with E-state index in [0.717, 1.165) is 24.0 Å². The fourth-order valence-corrected chi connectivity index (χ4v) is 3.58. The van der Waals surface area contributed by atoms with E-state index in [0.29, 0.717) is 10.0 Å². The first-order chi connectivity index (χ1) is 12.5. The molecule has 2 aromatic carbocycles. The number of halogens is 1. The summed E-state index contributed by atoms with van der Waals surface area (Å²) in [5.74, 6) is -1.07. The predicted molar refractivity (Wildman–Crippen MR) is 101 cm³/mol. The molecule has 0 spiro atoms. The summed E-state index contributed by atoms with van der Waals surface area (Å²) in [6.07, 6.45) is 0.970. The minimum Gasteiger partial charge on any atom is -0.479 e. The van der Waals surface area contributed by atoms with E-state index >= 15 is 0 Å². The van der Waals surface area contributed by atoms with Crippen molar-refractivity contribution in [2.24, 2.45) is 0 Å². The molecule has 1 atom stereocenters. The largest absolute Gasteiger partial charge is 0.479 e. The van der Waals surface area contributed by atoms with Crippen LogP contribution in [0, 0.1) is 6.92 Å². The zero-order chi connectivity index (χ0) is 18.7. The maximum absolute atomic E-state index is 12.7. The molecule has 2 aromatic rings. The van der Waals surface area contributed by atoms with Crippen molar-refractivity contribution in [3.63, 3.8) is 0 Å². The van der Waals surface area contributed by atoms with Gasteiger partial charge in [-0.3, -0.25) is 4.90 Å². The van der Waals surface area contributed by atoms with E-state index in [1.54, 1.807) is 6.07 Å². The molecule has 1 saturated carbocycles. The van der Waals surface area contributed by atoms with Crippen molar-refractivity contribution < 1.29 is 19.4 Å². The van der Waals surface area contributed by atoms with Crippen molar-refractivity contribution in [3.8, 4) is 0 Å². The number of carboxylic acid groups (broad SMARTS) is 1. The van der Waals surface area contributed by atoms with Gasteiger partial charge in [0.2, 0.25) is 0 Å². The fraction of sp³-hybridized carbons (Fsp3) is 0.300. The topological polar surface area (TPSA) is 66.8 Å². The molecule has 6 heteroatoms. The molecule has 0 saturated heterocycles. The molecule has 1 aliphatic carbocycles. The molecule has 1 aliphatic rings. The summed E-state index contributed by atoms with van der Waals surface area (Å²) < 4.78 is 6.09. The van der Waals surface area contributed by atoms with Crippen LogP contribution in [0.25, 0.3) is 0 Å². The summed E-state index contributed by atoms with van der Waals surface area (Å²) in [5.41, 5.74) is 2.42. The molecule has 26 heavy (non-hydrogen) atoms. The number of benzene rings is 2. The summed E-state index contributed by atoms with van der Waals surface area (Å²) >= 11 is 3.44. The van der Waals surface area contributed by atoms with Gasteiger partial charge in [-0.05, 0) is 37.0 Å². The van der Waals surface area contributed by atoms with Gasteiger partial charge in [-0.2, -0.15) is 0 Å². The summed E-state index contributed by atoms with van der Waals surface area (Å²) in [4.78, 5) is 26.1. The number of carbonyl (C=O) groups excluding carboxylic acids is 1. The normalized spacial score (nSPS) is 14.5. The molecule has 5 nitrogen and oxygen atoms in total. The highest BCUT2D eigenvalue weighted by Crippen LogP contribution is 2.38. The van der Waals surface area contributed by atoms with Crippen LogP contribution >= 0.6 is 15.9 Å². The lowest BCUT2D eigenvalue weighted by atomic mass is 10.0. The lowest BCUT2D eigenvalue weighted by molar-refractivity contribution is -0.143. The molecule has 3 rings (SSSR count). The molecule has 0 bridgehead atoms. The molecule has 0 aliphatic heterocycles. The van der Waals surface area contributed by atoms with Gasteiger partial charge in [0.15, 0.2) is 6.04 Å². The highest BCUT2D eigenvalue weighted by Gasteiger charge is 2.43. The zero-order valence-electron chi connectivity index (χ0n) is 14.4. The van der Waals surface area contributed by atoms with Crippen LogP contribution in [0.15, 0.2) is 53.0 Å². The third-order valence-corrected chi connectivity index (χ3v) is 5.01. The summed E-state index contributed by atoms with van der Waals surface area (Å²) in [5, 5.41) is 9.83. The van der Waals surface area contributed by atoms with Gasteiger partial charge in [-0.1, -0.05) is 58.4 Å². The van der Waals surface area contributed by atoms with Crippen LogP contribution in [0.3, 0.4) is 0 Å². The second-order valence-electron chi connectivity index (χ2n) is 6.44. The van der Waals surface area contributed by atoms with Gasteiger partial charge in [0, 0.05) is 16.1 Å². The lowest BCUT2D eigenvalue weighted by Crippen LogP contribution is -2.41. The standard InChI is InChI=1S/C20H20BrNO4/c1-13-7-10-16(17(21)11-13)18(19(23)24)22(15-8-9-15)20(25)26-12-14-5-3-2-4-6-14/h2-7,10-11,15,18H,8-9,12H2,1H3,(H,23,24). The minimum absolute atomic E-state index is 0.104. The van der Waals surface area contributed by atoms with Crippen molar-refractivity contribution in [3.05, 3.63) is 69.7 Å². The van der Waals surface area contributed by atoms with Gasteiger partial charge < -0.3 is 9.84 Å². The molecular formula is C20H20BrNO4. The predicted octanol–water partition coefficient (Wildman–Crippen LogP) is 4.68. The van der Waals surface area contributed by atoms with Crippen LogP contribution in [0.1, 0.15) is 35.6 Å². The third-order valence-electron chi connectivity index (χ3n) is 4.32. The number of nitrogens with zero attached hydrogens (tertiary/aromatic N) is 1. The quantitative estimate of drug-likeness (QED) is 0.740. The molecule has 1 unspecified atom stereocenters. The van der Waals surface area contributed by atoms with Gasteiger partial charge in [-0.25, -0.2) is 9.59 Å². The Morgan fingerprint density at radius 2 is 1.92 bits per heavy atom. The van der Waals surface area contributed by atoms with Gasteiger partial charge in [0.05, 0.1) is 0 Å². The Hall–Kier alpha value is -2.34. The first kappa shape index (κ1) is 18.5. The van der Waals surface area contributed by atoms with Gasteiger partial charge in [0.25, 0.3) is 0 Å². The Bertz CT molecular complexity index is 805. The lowest BCUT2D eigenvalue weighted by Gasteiger charge is -2.29. The Morgan fingerprint density at radius 3 is 2.50 bits per heavy atom. The first-order valence-electron chi connectivity index (χ1n) is 8.45. The SMILES string of the molecule is Cc1ccc(C(C(=O)O)N(C(=O)OCc2ccccc2)C2CC2)c(Br)c1. The smallest absolute Gasteiger partial charge is 0.411 e. The second kappa shape index (κ2) is 7.91. The highest BCUT2D eigenvalue weighted by molar-refractivity contribution is 9.10. The van der Waals surface area contributed by atoms with Crippen LogP contribution < -0.4 is 0 Å². The first-order valence-corrected chi connectivity index (χ1v) is 9.24. The van der Waals surface area contributed by atoms with Gasteiger partial charge in [0.1, 0.15) is 6.61 Å². The zero-order valence-corrected chi connectivity index (χ0v) is 16.0. The third kappa shape index (κ3) is 4.25. The van der Waals surface area contributed by atoms with Crippen LogP contribution in [0.4, 0.5) is 4.79 Å². The number of rotatable bonds is 6. The Balaban J connectivity index is 1.84. The molecule has 136 valence electrons. The summed E-state index contributed by atoms with van der Waals surface area (Å²) in [7, 11) is 0. The van der Waals surface area contributed by atoms with E-state index in [9.17, 15) is 14.7 Å². The Morgan fingerprint density at radius 1 is 1.23 bits per heavy atom. The van der Waals surface area contributed by atoms with Crippen LogP contribution in [0.5, 0.6) is 0 Å². The fourth-order valence-electron chi connectivity index (χ4n) is 2.87. The number of hydrogen-bond donors (Lipinski definition) is 1. The average molecular weight is 418 g/mol. The monoisotopic (exact) mass is 417 g/mol. The highest BCUT2D eigenvalue weighted by atomic mass is 79.9. The number of ether oxygens (including phenoxy) is 1. The van der Waals surface area contributed by atoms with Crippen LogP contribution in [0.2, 0.25) is 0 Å². The number of aryl methyl sites for hydroxylation is 1. The number of carboxylic acids is 1. The minimum atomic E-state index is -1.08. The molecule has 0 heterocycles. The van der Waals surface area contributed by atoms with E-state index in [4.69, 9.17) is 4.74 Å². The molecule has 1 N–H and O–H groups in total. The average Bonchev–Trinajstić information content (AvgIpc) is 3.44. The van der Waals surface area contributed by atoms with Crippen molar-refractivity contribution in [2.75, 3.05) is 0 Å². The maximum Gasteiger partial charge on any atom is 0.411 e. The number of aliphatic carboxylic acids is 1. The van der Waals surface area contributed by atoms with Crippen LogP contribution in [-0.4, -0.2) is 28.1 Å². The second-order valence-corrected chi connectivity index (χ2v) is 7.30. The van der Waals surface area contributed by atoms with Crippen molar-refractivity contribution in [1.29, 1.82) is 0 Å².